The van der Waals surface area contributed by atoms with E-state index in [-0.39, 0.29) is 6.61 Å². The van der Waals surface area contributed by atoms with Crippen LogP contribution in [0.25, 0.3) is 0 Å². The molecule has 0 amide bonds. The van der Waals surface area contributed by atoms with Crippen molar-refractivity contribution in [3.05, 3.63) is 12.7 Å². The van der Waals surface area contributed by atoms with E-state index in [1.807, 2.05) is 6.08 Å². The van der Waals surface area contributed by atoms with E-state index in [1.54, 1.807) is 0 Å². The Bertz CT molecular complexity index is 265. The fraction of sp³-hybridized carbons (Fsp3) is 0.917. The van der Waals surface area contributed by atoms with Crippen LogP contribution in [0.1, 0.15) is 128 Å². The zero-order chi connectivity index (χ0) is 19.1. The summed E-state index contributed by atoms with van der Waals surface area (Å²) in [5, 5.41) is 18.0. The Morgan fingerprint density at radius 3 is 1.15 bits per heavy atom. The predicted molar refractivity (Wildman–Crippen MR) is 116 cm³/mol. The van der Waals surface area contributed by atoms with Gasteiger partial charge in [-0.1, -0.05) is 115 Å². The van der Waals surface area contributed by atoms with Crippen LogP contribution in [0.15, 0.2) is 12.7 Å². The van der Waals surface area contributed by atoms with Gasteiger partial charge in [0.05, 0.1) is 12.7 Å². The average molecular weight is 369 g/mol. The summed E-state index contributed by atoms with van der Waals surface area (Å²) >= 11 is 0. The number of aliphatic hydroxyl groups excluding tert-OH is 2. The van der Waals surface area contributed by atoms with Gasteiger partial charge in [-0.15, -0.1) is 6.58 Å². The van der Waals surface area contributed by atoms with Gasteiger partial charge in [0.15, 0.2) is 0 Å². The van der Waals surface area contributed by atoms with E-state index in [4.69, 9.17) is 5.11 Å². The van der Waals surface area contributed by atoms with E-state index in [2.05, 4.69) is 6.58 Å². The molecule has 0 aliphatic heterocycles. The lowest BCUT2D eigenvalue weighted by Crippen LogP contribution is -2.10. The lowest BCUT2D eigenvalue weighted by molar-refractivity contribution is 0.0860. The summed E-state index contributed by atoms with van der Waals surface area (Å²) in [5.74, 6) is 0. The smallest absolute Gasteiger partial charge is 0.0770 e. The molecule has 0 rings (SSSR count). The van der Waals surface area contributed by atoms with Crippen molar-refractivity contribution < 1.29 is 10.2 Å². The molecule has 0 aromatic carbocycles. The van der Waals surface area contributed by atoms with Gasteiger partial charge in [0, 0.05) is 0 Å². The van der Waals surface area contributed by atoms with Crippen LogP contribution in [-0.4, -0.2) is 22.9 Å². The van der Waals surface area contributed by atoms with Crippen molar-refractivity contribution in [2.75, 3.05) is 6.61 Å². The molecule has 2 heteroatoms. The third-order valence-corrected chi connectivity index (χ3v) is 5.41. The van der Waals surface area contributed by atoms with E-state index >= 15 is 0 Å². The molecule has 0 heterocycles. The van der Waals surface area contributed by atoms with Crippen LogP contribution in [0.3, 0.4) is 0 Å². The lowest BCUT2D eigenvalue weighted by Gasteiger charge is -2.06. The molecule has 0 fully saturated rings. The summed E-state index contributed by atoms with van der Waals surface area (Å²) < 4.78 is 0. The molecule has 2 N–H and O–H groups in total. The Balaban J connectivity index is 3.00. The second-order valence-electron chi connectivity index (χ2n) is 8.07. The summed E-state index contributed by atoms with van der Waals surface area (Å²) in [4.78, 5) is 0. The molecule has 1 atom stereocenters. The number of hydrogen-bond acceptors (Lipinski definition) is 2. The summed E-state index contributed by atoms with van der Waals surface area (Å²) in [7, 11) is 0. The normalized spacial score (nSPS) is 12.4. The van der Waals surface area contributed by atoms with E-state index in [0.717, 1.165) is 12.8 Å². The molecule has 2 nitrogen and oxygen atoms in total. The van der Waals surface area contributed by atoms with Crippen LogP contribution in [0, 0.1) is 0 Å². The molecule has 0 saturated heterocycles. The highest BCUT2D eigenvalue weighted by Gasteiger charge is 2.00. The van der Waals surface area contributed by atoms with Crippen molar-refractivity contribution in [2.24, 2.45) is 0 Å². The molecule has 0 aliphatic carbocycles. The minimum Gasteiger partial charge on any atom is -0.394 e. The van der Waals surface area contributed by atoms with Crippen molar-refractivity contribution >= 4 is 0 Å². The van der Waals surface area contributed by atoms with E-state index in [0.29, 0.717) is 0 Å². The Labute approximate surface area is 164 Å². The number of hydrogen-bond donors (Lipinski definition) is 2. The van der Waals surface area contributed by atoms with Crippen molar-refractivity contribution in [1.82, 2.24) is 0 Å². The number of unbranched alkanes of at least 4 members (excludes halogenated alkanes) is 18. The molecule has 1 unspecified atom stereocenters. The zero-order valence-electron chi connectivity index (χ0n) is 17.6. The van der Waals surface area contributed by atoms with Crippen molar-refractivity contribution in [3.63, 3.8) is 0 Å². The standard InChI is InChI=1S/C24H48O2/c1-2-3-4-5-6-7-8-9-10-11-12-13-14-15-16-17-18-19-20-21-22-24(26)23-25/h2,24-26H,1,3-23H2. The van der Waals surface area contributed by atoms with Crippen molar-refractivity contribution in [2.45, 2.75) is 135 Å². The molecular formula is C24H48O2. The highest BCUT2D eigenvalue weighted by atomic mass is 16.3. The number of rotatable bonds is 22. The molecule has 0 aromatic rings. The SMILES string of the molecule is C=CCCCCCCCCCCCCCCCCCCCCC(O)CO. The molecule has 26 heavy (non-hydrogen) atoms. The highest BCUT2D eigenvalue weighted by Crippen LogP contribution is 2.15. The van der Waals surface area contributed by atoms with Gasteiger partial charge in [-0.05, 0) is 19.3 Å². The maximum Gasteiger partial charge on any atom is 0.0770 e. The first-order valence-corrected chi connectivity index (χ1v) is 11.7. The van der Waals surface area contributed by atoms with Gasteiger partial charge in [0.2, 0.25) is 0 Å². The third kappa shape index (κ3) is 21.7. The van der Waals surface area contributed by atoms with Crippen molar-refractivity contribution in [1.29, 1.82) is 0 Å². The largest absolute Gasteiger partial charge is 0.394 e. The van der Waals surface area contributed by atoms with Crippen molar-refractivity contribution in [3.8, 4) is 0 Å². The number of allylic oxidation sites excluding steroid dienone is 1. The molecule has 0 spiro atoms. The monoisotopic (exact) mass is 368 g/mol. The van der Waals surface area contributed by atoms with Crippen LogP contribution < -0.4 is 0 Å². The molecule has 0 bridgehead atoms. The van der Waals surface area contributed by atoms with Gasteiger partial charge in [0.1, 0.15) is 0 Å². The Morgan fingerprint density at radius 1 is 0.538 bits per heavy atom. The van der Waals surface area contributed by atoms with Crippen LogP contribution in [0.5, 0.6) is 0 Å². The van der Waals surface area contributed by atoms with Crippen LogP contribution in [0.4, 0.5) is 0 Å². The van der Waals surface area contributed by atoms with Gasteiger partial charge in [-0.2, -0.15) is 0 Å². The summed E-state index contributed by atoms with van der Waals surface area (Å²) in [6.45, 7) is 3.68. The first-order valence-electron chi connectivity index (χ1n) is 11.7. The van der Waals surface area contributed by atoms with Crippen LogP contribution in [-0.2, 0) is 0 Å². The first-order chi connectivity index (χ1) is 12.8. The Hall–Kier alpha value is -0.340. The topological polar surface area (TPSA) is 40.5 Å². The predicted octanol–water partition coefficient (Wildman–Crippen LogP) is 7.33. The molecule has 0 aliphatic rings. The summed E-state index contributed by atoms with van der Waals surface area (Å²) in [6.07, 6.45) is 28.2. The minimum absolute atomic E-state index is 0.0869. The highest BCUT2D eigenvalue weighted by molar-refractivity contribution is 4.65. The maximum atomic E-state index is 9.26. The van der Waals surface area contributed by atoms with Gasteiger partial charge >= 0.3 is 0 Å². The summed E-state index contributed by atoms with van der Waals surface area (Å²) in [6, 6.07) is 0. The fourth-order valence-electron chi connectivity index (χ4n) is 3.59. The van der Waals surface area contributed by atoms with Gasteiger partial charge in [0.25, 0.3) is 0 Å². The maximum absolute atomic E-state index is 9.26. The fourth-order valence-corrected chi connectivity index (χ4v) is 3.59. The Kier molecular flexibility index (Phi) is 22.4. The molecule has 0 aromatic heterocycles. The van der Waals surface area contributed by atoms with E-state index in [1.165, 1.54) is 116 Å². The minimum atomic E-state index is -0.498. The molecular weight excluding hydrogens is 320 g/mol. The van der Waals surface area contributed by atoms with Gasteiger partial charge in [-0.3, -0.25) is 0 Å². The van der Waals surface area contributed by atoms with E-state index < -0.39 is 6.10 Å². The Morgan fingerprint density at radius 2 is 0.846 bits per heavy atom. The third-order valence-electron chi connectivity index (χ3n) is 5.41. The lowest BCUT2D eigenvalue weighted by atomic mass is 10.0. The molecule has 0 saturated carbocycles. The number of aliphatic hydroxyl groups is 2. The van der Waals surface area contributed by atoms with E-state index in [9.17, 15) is 5.11 Å². The average Bonchev–Trinajstić information content (AvgIpc) is 2.66. The molecule has 0 radical (unpaired) electrons. The van der Waals surface area contributed by atoms with Crippen LogP contribution >= 0.6 is 0 Å². The quantitative estimate of drug-likeness (QED) is 0.155. The second kappa shape index (κ2) is 22.7. The second-order valence-corrected chi connectivity index (χ2v) is 8.07. The van der Waals surface area contributed by atoms with Gasteiger partial charge < -0.3 is 10.2 Å². The first kappa shape index (κ1) is 25.7. The summed E-state index contributed by atoms with van der Waals surface area (Å²) in [5.41, 5.74) is 0. The molecule has 156 valence electrons. The van der Waals surface area contributed by atoms with Crippen LogP contribution in [0.2, 0.25) is 0 Å². The zero-order valence-corrected chi connectivity index (χ0v) is 17.6. The van der Waals surface area contributed by atoms with Gasteiger partial charge in [-0.25, -0.2) is 0 Å².